The molecule has 178 valence electrons. The van der Waals surface area contributed by atoms with E-state index in [1.165, 1.54) is 30.5 Å². The standard InChI is InChI=1S/C28H39N3O2/c1-19-6-4-13-31(19)14-5-15-33-22-8-10-23-20(16-22)7-9-25-24(23)11-12-28(2)27(25)21(18-29)17-26(32)30(28)3/h8,10,16,19,21,24-25,27H,4-7,9,11-15,17H2,1-3H3/t19-,21+,24-,25-,27+,28+/m1/s1. The van der Waals surface area contributed by atoms with Crippen molar-refractivity contribution < 1.29 is 9.53 Å². The van der Waals surface area contributed by atoms with Crippen LogP contribution in [0.1, 0.15) is 75.8 Å². The predicted molar refractivity (Wildman–Crippen MR) is 129 cm³/mol. The number of amides is 1. The van der Waals surface area contributed by atoms with E-state index in [0.29, 0.717) is 18.3 Å². The van der Waals surface area contributed by atoms with Gasteiger partial charge in [-0.05, 0) is 100 Å². The number of piperidine rings is 1. The quantitative estimate of drug-likeness (QED) is 0.609. The molecular formula is C28H39N3O2. The molecule has 33 heavy (non-hydrogen) atoms. The third-order valence-electron chi connectivity index (χ3n) is 9.60. The lowest BCUT2D eigenvalue weighted by Crippen LogP contribution is -2.63. The van der Waals surface area contributed by atoms with E-state index in [4.69, 9.17) is 4.74 Å². The summed E-state index contributed by atoms with van der Waals surface area (Å²) in [6, 6.07) is 9.98. The van der Waals surface area contributed by atoms with Crippen LogP contribution in [0.5, 0.6) is 5.75 Å². The fraction of sp³-hybridized carbons (Fsp3) is 0.714. The van der Waals surface area contributed by atoms with Crippen LogP contribution in [0.15, 0.2) is 18.2 Å². The van der Waals surface area contributed by atoms with Crippen molar-refractivity contribution in [2.75, 3.05) is 26.7 Å². The Morgan fingerprint density at radius 1 is 1.27 bits per heavy atom. The van der Waals surface area contributed by atoms with E-state index in [1.54, 1.807) is 0 Å². The smallest absolute Gasteiger partial charge is 0.224 e. The largest absolute Gasteiger partial charge is 0.494 e. The van der Waals surface area contributed by atoms with E-state index in [0.717, 1.165) is 57.0 Å². The van der Waals surface area contributed by atoms with Crippen LogP contribution in [0.3, 0.4) is 0 Å². The van der Waals surface area contributed by atoms with E-state index in [1.807, 2.05) is 11.9 Å². The molecule has 1 aromatic carbocycles. The number of carbonyl (C=O) groups is 1. The molecule has 2 saturated heterocycles. The maximum Gasteiger partial charge on any atom is 0.224 e. The number of nitriles is 1. The monoisotopic (exact) mass is 449 g/mol. The summed E-state index contributed by atoms with van der Waals surface area (Å²) in [5, 5.41) is 9.92. The van der Waals surface area contributed by atoms with Gasteiger partial charge in [-0.3, -0.25) is 4.79 Å². The highest BCUT2D eigenvalue weighted by Gasteiger charge is 2.56. The molecular weight excluding hydrogens is 410 g/mol. The van der Waals surface area contributed by atoms with Gasteiger partial charge < -0.3 is 14.5 Å². The molecule has 2 aliphatic heterocycles. The molecule has 4 aliphatic rings. The van der Waals surface area contributed by atoms with E-state index in [2.05, 4.69) is 43.0 Å². The summed E-state index contributed by atoms with van der Waals surface area (Å²) < 4.78 is 6.15. The average molecular weight is 450 g/mol. The van der Waals surface area contributed by atoms with Gasteiger partial charge in [-0.1, -0.05) is 6.07 Å². The molecule has 5 nitrogen and oxygen atoms in total. The summed E-state index contributed by atoms with van der Waals surface area (Å²) in [5.41, 5.74) is 2.70. The fourth-order valence-corrected chi connectivity index (χ4v) is 7.65. The lowest BCUT2D eigenvalue weighted by Gasteiger charge is -2.59. The first kappa shape index (κ1) is 22.7. The highest BCUT2D eigenvalue weighted by atomic mass is 16.5. The lowest BCUT2D eigenvalue weighted by molar-refractivity contribution is -0.152. The number of fused-ring (bicyclic) bond motifs is 5. The number of benzene rings is 1. The van der Waals surface area contributed by atoms with Gasteiger partial charge in [-0.2, -0.15) is 5.26 Å². The summed E-state index contributed by atoms with van der Waals surface area (Å²) >= 11 is 0. The topological polar surface area (TPSA) is 56.6 Å². The number of hydrogen-bond acceptors (Lipinski definition) is 4. The molecule has 0 aromatic heterocycles. The first-order valence-corrected chi connectivity index (χ1v) is 13.1. The number of nitrogens with zero attached hydrogens (tertiary/aromatic N) is 3. The van der Waals surface area contributed by atoms with Crippen LogP contribution < -0.4 is 4.74 Å². The van der Waals surface area contributed by atoms with E-state index in [-0.39, 0.29) is 23.3 Å². The molecule has 1 saturated carbocycles. The van der Waals surface area contributed by atoms with E-state index in [9.17, 15) is 10.1 Å². The molecule has 0 bridgehead atoms. The fourth-order valence-electron chi connectivity index (χ4n) is 7.65. The molecule has 1 amide bonds. The maximum atomic E-state index is 12.6. The summed E-state index contributed by atoms with van der Waals surface area (Å²) in [4.78, 5) is 17.1. The van der Waals surface area contributed by atoms with E-state index < -0.39 is 0 Å². The Morgan fingerprint density at radius 2 is 2.12 bits per heavy atom. The zero-order chi connectivity index (χ0) is 23.2. The van der Waals surface area contributed by atoms with Crippen molar-refractivity contribution in [3.05, 3.63) is 29.3 Å². The van der Waals surface area contributed by atoms with Gasteiger partial charge in [0.15, 0.2) is 0 Å². The maximum absolute atomic E-state index is 12.6. The van der Waals surface area contributed by atoms with E-state index >= 15 is 0 Å². The minimum Gasteiger partial charge on any atom is -0.494 e. The Balaban J connectivity index is 1.27. The van der Waals surface area contributed by atoms with Crippen LogP contribution in [0.25, 0.3) is 0 Å². The first-order chi connectivity index (χ1) is 15.9. The number of rotatable bonds is 5. The summed E-state index contributed by atoms with van der Waals surface area (Å²) in [6.07, 6.45) is 8.34. The zero-order valence-electron chi connectivity index (χ0n) is 20.6. The van der Waals surface area contributed by atoms with Crippen molar-refractivity contribution in [2.45, 2.75) is 82.7 Å². The molecule has 0 unspecified atom stereocenters. The average Bonchev–Trinajstić information content (AvgIpc) is 3.23. The third-order valence-corrected chi connectivity index (χ3v) is 9.60. The van der Waals surface area contributed by atoms with Crippen molar-refractivity contribution in [1.82, 2.24) is 9.80 Å². The molecule has 0 N–H and O–H groups in total. The van der Waals surface area contributed by atoms with Gasteiger partial charge in [0.05, 0.1) is 18.6 Å². The van der Waals surface area contributed by atoms with Gasteiger partial charge in [0.1, 0.15) is 5.75 Å². The van der Waals surface area contributed by atoms with Crippen molar-refractivity contribution >= 4 is 5.91 Å². The number of likely N-dealkylation sites (tertiary alicyclic amines) is 2. The second kappa shape index (κ2) is 8.95. The number of ether oxygens (including phenoxy) is 1. The highest BCUT2D eigenvalue weighted by molar-refractivity contribution is 5.78. The van der Waals surface area contributed by atoms with Crippen molar-refractivity contribution in [3.8, 4) is 11.8 Å². The SMILES string of the molecule is C[C@@H]1CCCN1CCCOc1ccc2c(c1)CC[C@H]1[C@@H]3[C@H](C#N)CC(=O)N(C)[C@@]3(C)CC[C@H]21. The zero-order valence-corrected chi connectivity index (χ0v) is 20.6. The molecule has 1 aromatic rings. The Labute approximate surface area is 199 Å². The van der Waals surface area contributed by atoms with Gasteiger partial charge in [0.2, 0.25) is 5.91 Å². The second-order valence-electron chi connectivity index (χ2n) is 11.2. The molecule has 5 rings (SSSR count). The van der Waals surface area contributed by atoms with Crippen LogP contribution in [0, 0.1) is 29.1 Å². The molecule has 0 radical (unpaired) electrons. The Morgan fingerprint density at radius 3 is 2.88 bits per heavy atom. The number of aryl methyl sites for hydroxylation is 1. The Bertz CT molecular complexity index is 940. The second-order valence-corrected chi connectivity index (χ2v) is 11.2. The van der Waals surface area contributed by atoms with Crippen LogP contribution in [-0.2, 0) is 11.2 Å². The number of carbonyl (C=O) groups excluding carboxylic acids is 1. The van der Waals surface area contributed by atoms with Crippen LogP contribution >= 0.6 is 0 Å². The van der Waals surface area contributed by atoms with Crippen LogP contribution in [0.4, 0.5) is 0 Å². The minimum absolute atomic E-state index is 0.135. The van der Waals surface area contributed by atoms with Gasteiger partial charge in [-0.15, -0.1) is 0 Å². The third kappa shape index (κ3) is 3.95. The van der Waals surface area contributed by atoms with Crippen molar-refractivity contribution in [3.63, 3.8) is 0 Å². The molecule has 5 heteroatoms. The van der Waals surface area contributed by atoms with Crippen LogP contribution in [0.2, 0.25) is 0 Å². The van der Waals surface area contributed by atoms with Crippen LogP contribution in [-0.4, -0.2) is 54.0 Å². The Kier molecular flexibility index (Phi) is 6.16. The molecule has 2 heterocycles. The normalized spacial score (nSPS) is 36.0. The summed E-state index contributed by atoms with van der Waals surface area (Å²) in [7, 11) is 1.95. The molecule has 3 fully saturated rings. The lowest BCUT2D eigenvalue weighted by atomic mass is 9.52. The first-order valence-electron chi connectivity index (χ1n) is 13.1. The summed E-state index contributed by atoms with van der Waals surface area (Å²) in [5.74, 6) is 2.21. The van der Waals surface area contributed by atoms with Gasteiger partial charge in [0.25, 0.3) is 0 Å². The summed E-state index contributed by atoms with van der Waals surface area (Å²) in [6.45, 7) is 7.70. The van der Waals surface area contributed by atoms with Crippen molar-refractivity contribution in [2.24, 2.45) is 17.8 Å². The van der Waals surface area contributed by atoms with Gasteiger partial charge in [0, 0.05) is 37.5 Å². The minimum atomic E-state index is -0.190. The number of hydrogen-bond donors (Lipinski definition) is 0. The molecule has 6 atom stereocenters. The van der Waals surface area contributed by atoms with Crippen molar-refractivity contribution in [1.29, 1.82) is 5.26 Å². The highest BCUT2D eigenvalue weighted by Crippen LogP contribution is 2.57. The van der Waals surface area contributed by atoms with Gasteiger partial charge in [-0.25, -0.2) is 0 Å². The molecule has 2 aliphatic carbocycles. The van der Waals surface area contributed by atoms with Gasteiger partial charge >= 0.3 is 0 Å². The molecule has 0 spiro atoms. The predicted octanol–water partition coefficient (Wildman–Crippen LogP) is 4.76. The Hall–Kier alpha value is -2.06.